The Morgan fingerprint density at radius 1 is 1.47 bits per heavy atom. The van der Waals surface area contributed by atoms with Gasteiger partial charge >= 0.3 is 0 Å². The SMILES string of the molecule is COc1cc([N+](=O)[O-])ccc1O[C@H]1CCNC1. The number of ether oxygens (including phenoxy) is 2. The molecule has 6 nitrogen and oxygen atoms in total. The molecule has 17 heavy (non-hydrogen) atoms. The number of rotatable bonds is 4. The van der Waals surface area contributed by atoms with E-state index in [0.29, 0.717) is 11.5 Å². The maximum Gasteiger partial charge on any atom is 0.273 e. The second-order valence-electron chi connectivity index (χ2n) is 3.82. The monoisotopic (exact) mass is 238 g/mol. The number of hydrogen-bond donors (Lipinski definition) is 1. The van der Waals surface area contributed by atoms with Gasteiger partial charge in [0.25, 0.3) is 5.69 Å². The molecule has 2 rings (SSSR count). The highest BCUT2D eigenvalue weighted by molar-refractivity contribution is 5.48. The van der Waals surface area contributed by atoms with Crippen molar-refractivity contribution in [3.63, 3.8) is 0 Å². The van der Waals surface area contributed by atoms with Crippen LogP contribution in [-0.4, -0.2) is 31.2 Å². The normalized spacial score (nSPS) is 19.0. The molecule has 1 atom stereocenters. The predicted octanol–water partition coefficient (Wildman–Crippen LogP) is 1.34. The lowest BCUT2D eigenvalue weighted by Crippen LogP contribution is -2.19. The van der Waals surface area contributed by atoms with Crippen molar-refractivity contribution < 1.29 is 14.4 Å². The van der Waals surface area contributed by atoms with Crippen molar-refractivity contribution in [2.45, 2.75) is 12.5 Å². The van der Waals surface area contributed by atoms with Crippen molar-refractivity contribution in [1.29, 1.82) is 0 Å². The van der Waals surface area contributed by atoms with Crippen molar-refractivity contribution in [3.05, 3.63) is 28.3 Å². The molecule has 0 aromatic heterocycles. The summed E-state index contributed by atoms with van der Waals surface area (Å²) >= 11 is 0. The third kappa shape index (κ3) is 2.65. The van der Waals surface area contributed by atoms with Crippen LogP contribution in [0.1, 0.15) is 6.42 Å². The molecule has 1 N–H and O–H groups in total. The molecule has 1 heterocycles. The number of nitro benzene ring substituents is 1. The fourth-order valence-electron chi connectivity index (χ4n) is 1.78. The van der Waals surface area contributed by atoms with Gasteiger partial charge < -0.3 is 14.8 Å². The zero-order chi connectivity index (χ0) is 12.3. The van der Waals surface area contributed by atoms with Gasteiger partial charge in [0.05, 0.1) is 18.1 Å². The van der Waals surface area contributed by atoms with Gasteiger partial charge in [-0.3, -0.25) is 10.1 Å². The summed E-state index contributed by atoms with van der Waals surface area (Å²) in [4.78, 5) is 10.2. The smallest absolute Gasteiger partial charge is 0.273 e. The van der Waals surface area contributed by atoms with Crippen LogP contribution in [0, 0.1) is 10.1 Å². The van der Waals surface area contributed by atoms with Crippen LogP contribution in [0.2, 0.25) is 0 Å². The number of nitro groups is 1. The van der Waals surface area contributed by atoms with Gasteiger partial charge in [0.1, 0.15) is 6.10 Å². The van der Waals surface area contributed by atoms with Crippen LogP contribution in [0.5, 0.6) is 11.5 Å². The van der Waals surface area contributed by atoms with Crippen LogP contribution in [0.25, 0.3) is 0 Å². The van der Waals surface area contributed by atoms with Crippen LogP contribution in [0.4, 0.5) is 5.69 Å². The minimum atomic E-state index is -0.455. The van der Waals surface area contributed by atoms with Gasteiger partial charge in [-0.05, 0) is 19.0 Å². The van der Waals surface area contributed by atoms with Crippen molar-refractivity contribution >= 4 is 5.69 Å². The quantitative estimate of drug-likeness (QED) is 0.633. The van der Waals surface area contributed by atoms with Crippen LogP contribution in [0.3, 0.4) is 0 Å². The minimum absolute atomic E-state index is 0.00116. The van der Waals surface area contributed by atoms with Gasteiger partial charge in [-0.25, -0.2) is 0 Å². The average molecular weight is 238 g/mol. The molecule has 1 aromatic carbocycles. The molecule has 1 aromatic rings. The van der Waals surface area contributed by atoms with Gasteiger partial charge in [0, 0.05) is 12.6 Å². The van der Waals surface area contributed by atoms with Crippen LogP contribution < -0.4 is 14.8 Å². The molecule has 0 spiro atoms. The van der Waals surface area contributed by atoms with E-state index >= 15 is 0 Å². The molecule has 92 valence electrons. The minimum Gasteiger partial charge on any atom is -0.493 e. The number of benzene rings is 1. The molecule has 0 saturated carbocycles. The number of hydrogen-bond acceptors (Lipinski definition) is 5. The number of methoxy groups -OCH3 is 1. The highest BCUT2D eigenvalue weighted by Crippen LogP contribution is 2.32. The van der Waals surface area contributed by atoms with Crippen LogP contribution in [-0.2, 0) is 0 Å². The maximum atomic E-state index is 10.6. The fraction of sp³-hybridized carbons (Fsp3) is 0.455. The van der Waals surface area contributed by atoms with Crippen molar-refractivity contribution in [3.8, 4) is 11.5 Å². The van der Waals surface area contributed by atoms with E-state index in [-0.39, 0.29) is 11.8 Å². The van der Waals surface area contributed by atoms with Gasteiger partial charge in [-0.2, -0.15) is 0 Å². The van der Waals surface area contributed by atoms with E-state index in [0.717, 1.165) is 19.5 Å². The highest BCUT2D eigenvalue weighted by Gasteiger charge is 2.19. The molecule has 1 saturated heterocycles. The predicted molar refractivity (Wildman–Crippen MR) is 61.6 cm³/mol. The summed E-state index contributed by atoms with van der Waals surface area (Å²) in [6, 6.07) is 4.37. The lowest BCUT2D eigenvalue weighted by molar-refractivity contribution is -0.385. The first kappa shape index (κ1) is 11.7. The summed E-state index contributed by atoms with van der Waals surface area (Å²) < 4.78 is 10.8. The summed E-state index contributed by atoms with van der Waals surface area (Å²) in [5.74, 6) is 0.943. The summed E-state index contributed by atoms with van der Waals surface area (Å²) in [5.41, 5.74) is -0.00116. The Balaban J connectivity index is 2.18. The second-order valence-corrected chi connectivity index (χ2v) is 3.82. The third-order valence-corrected chi connectivity index (χ3v) is 2.67. The lowest BCUT2D eigenvalue weighted by Gasteiger charge is -2.14. The highest BCUT2D eigenvalue weighted by atomic mass is 16.6. The Labute approximate surface area is 98.7 Å². The van der Waals surface area contributed by atoms with Crippen molar-refractivity contribution in [2.75, 3.05) is 20.2 Å². The summed E-state index contributed by atoms with van der Waals surface area (Å²) in [5, 5.41) is 13.8. The first-order valence-corrected chi connectivity index (χ1v) is 5.40. The molecule has 1 fully saturated rings. The van der Waals surface area contributed by atoms with Crippen LogP contribution in [0.15, 0.2) is 18.2 Å². The van der Waals surface area contributed by atoms with Crippen molar-refractivity contribution in [1.82, 2.24) is 5.32 Å². The summed E-state index contributed by atoms with van der Waals surface area (Å²) in [6.07, 6.45) is 1.03. The van der Waals surface area contributed by atoms with E-state index in [4.69, 9.17) is 9.47 Å². The molecule has 0 amide bonds. The molecule has 0 bridgehead atoms. The number of nitrogens with one attached hydrogen (secondary N) is 1. The zero-order valence-corrected chi connectivity index (χ0v) is 9.51. The second kappa shape index (κ2) is 5.01. The van der Waals surface area contributed by atoms with Gasteiger partial charge in [0.15, 0.2) is 11.5 Å². The van der Waals surface area contributed by atoms with E-state index in [2.05, 4.69) is 5.32 Å². The number of non-ortho nitro benzene ring substituents is 1. The lowest BCUT2D eigenvalue weighted by atomic mass is 10.2. The standard InChI is InChI=1S/C11H14N2O4/c1-16-11-6-8(13(14)15)2-3-10(11)17-9-4-5-12-7-9/h2-3,6,9,12H,4-5,7H2,1H3/t9-/m0/s1. The first-order valence-electron chi connectivity index (χ1n) is 5.40. The summed E-state index contributed by atoms with van der Waals surface area (Å²) in [7, 11) is 1.47. The van der Waals surface area contributed by atoms with E-state index in [9.17, 15) is 10.1 Å². The average Bonchev–Trinajstić information content (AvgIpc) is 2.82. The maximum absolute atomic E-state index is 10.6. The van der Waals surface area contributed by atoms with Gasteiger partial charge in [0.2, 0.25) is 0 Å². The molecule has 6 heteroatoms. The molecule has 1 aliphatic heterocycles. The summed E-state index contributed by atoms with van der Waals surface area (Å²) in [6.45, 7) is 1.72. The Hall–Kier alpha value is -1.82. The fourth-order valence-corrected chi connectivity index (χ4v) is 1.78. The Bertz CT molecular complexity index is 416. The van der Waals surface area contributed by atoms with Gasteiger partial charge in [-0.1, -0.05) is 0 Å². The Morgan fingerprint density at radius 2 is 2.29 bits per heavy atom. The van der Waals surface area contributed by atoms with E-state index in [1.807, 2.05) is 0 Å². The van der Waals surface area contributed by atoms with E-state index in [1.54, 1.807) is 6.07 Å². The molecular formula is C11H14N2O4. The van der Waals surface area contributed by atoms with E-state index in [1.165, 1.54) is 19.2 Å². The zero-order valence-electron chi connectivity index (χ0n) is 9.51. The van der Waals surface area contributed by atoms with Crippen molar-refractivity contribution in [2.24, 2.45) is 0 Å². The molecule has 1 aliphatic rings. The molecule has 0 radical (unpaired) electrons. The Kier molecular flexibility index (Phi) is 3.43. The third-order valence-electron chi connectivity index (χ3n) is 2.67. The first-order chi connectivity index (χ1) is 8.20. The number of nitrogens with zero attached hydrogens (tertiary/aromatic N) is 1. The molecular weight excluding hydrogens is 224 g/mol. The van der Waals surface area contributed by atoms with Gasteiger partial charge in [-0.15, -0.1) is 0 Å². The largest absolute Gasteiger partial charge is 0.493 e. The van der Waals surface area contributed by atoms with Crippen LogP contribution >= 0.6 is 0 Å². The van der Waals surface area contributed by atoms with E-state index < -0.39 is 4.92 Å². The molecule has 0 aliphatic carbocycles. The Morgan fingerprint density at radius 3 is 2.88 bits per heavy atom. The molecule has 0 unspecified atom stereocenters. The topological polar surface area (TPSA) is 73.6 Å².